The van der Waals surface area contributed by atoms with Crippen LogP contribution in [0.1, 0.15) is 29.4 Å². The second-order valence-corrected chi connectivity index (χ2v) is 4.38. The average Bonchev–Trinajstić information content (AvgIpc) is 2.48. The third kappa shape index (κ3) is 2.80. The summed E-state index contributed by atoms with van der Waals surface area (Å²) in [5.74, 6) is 0.0588. The van der Waals surface area contributed by atoms with Crippen LogP contribution < -0.4 is 5.32 Å². The Labute approximate surface area is 88.6 Å². The zero-order valence-electron chi connectivity index (χ0n) is 8.89. The van der Waals surface area contributed by atoms with Crippen molar-refractivity contribution in [1.29, 1.82) is 0 Å². The number of aromatic nitrogens is 1. The van der Waals surface area contributed by atoms with Crippen molar-refractivity contribution < 1.29 is 4.79 Å². The monoisotopic (exact) mass is 212 g/mol. The molecule has 0 saturated heterocycles. The summed E-state index contributed by atoms with van der Waals surface area (Å²) in [5.41, 5.74) is 0.929. The molecule has 0 aromatic carbocycles. The fourth-order valence-corrected chi connectivity index (χ4v) is 2.10. The molecule has 0 aliphatic carbocycles. The predicted octanol–water partition coefficient (Wildman–Crippen LogP) is 1.69. The number of nitrogens with zero attached hydrogens (tertiary/aromatic N) is 1. The summed E-state index contributed by atoms with van der Waals surface area (Å²) in [6.45, 7) is 6.70. The first-order valence-electron chi connectivity index (χ1n) is 4.89. The van der Waals surface area contributed by atoms with E-state index in [4.69, 9.17) is 0 Å². The molecule has 1 heterocycles. The third-order valence-electron chi connectivity index (χ3n) is 1.94. The minimum absolute atomic E-state index is 0.0588. The van der Waals surface area contributed by atoms with E-state index in [-0.39, 0.29) is 5.91 Å². The van der Waals surface area contributed by atoms with E-state index in [0.717, 1.165) is 22.0 Å². The Balaban J connectivity index is 2.66. The molecule has 0 unspecified atom stereocenters. The first kappa shape index (κ1) is 11.2. The lowest BCUT2D eigenvalue weighted by Gasteiger charge is -1.99. The van der Waals surface area contributed by atoms with E-state index in [1.54, 1.807) is 11.3 Å². The smallest absolute Gasteiger partial charge is 0.226 e. The SMILES string of the molecule is CCNC(=O)Cc1nc(CC)sc1C. The summed E-state index contributed by atoms with van der Waals surface area (Å²) in [5, 5.41) is 3.89. The Bertz CT molecular complexity index is 320. The molecule has 1 aromatic heterocycles. The fraction of sp³-hybridized carbons (Fsp3) is 0.600. The van der Waals surface area contributed by atoms with Gasteiger partial charge >= 0.3 is 0 Å². The predicted molar refractivity (Wildman–Crippen MR) is 58.6 cm³/mol. The second kappa shape index (κ2) is 5.10. The number of nitrogens with one attached hydrogen (secondary N) is 1. The lowest BCUT2D eigenvalue weighted by molar-refractivity contribution is -0.120. The van der Waals surface area contributed by atoms with Gasteiger partial charge in [-0.3, -0.25) is 4.79 Å². The van der Waals surface area contributed by atoms with Crippen LogP contribution in [0.4, 0.5) is 0 Å². The van der Waals surface area contributed by atoms with Crippen molar-refractivity contribution in [2.45, 2.75) is 33.6 Å². The van der Waals surface area contributed by atoms with Crippen molar-refractivity contribution in [3.63, 3.8) is 0 Å². The Kier molecular flexibility index (Phi) is 4.07. The van der Waals surface area contributed by atoms with Gasteiger partial charge in [0.1, 0.15) is 0 Å². The maximum Gasteiger partial charge on any atom is 0.226 e. The van der Waals surface area contributed by atoms with E-state index in [1.807, 2.05) is 13.8 Å². The van der Waals surface area contributed by atoms with E-state index < -0.39 is 0 Å². The van der Waals surface area contributed by atoms with Gasteiger partial charge in [-0.2, -0.15) is 0 Å². The van der Waals surface area contributed by atoms with Crippen molar-refractivity contribution in [2.75, 3.05) is 6.54 Å². The zero-order valence-corrected chi connectivity index (χ0v) is 9.70. The van der Waals surface area contributed by atoms with E-state index in [1.165, 1.54) is 0 Å². The largest absolute Gasteiger partial charge is 0.356 e. The molecule has 1 amide bonds. The molecule has 0 spiro atoms. The maximum absolute atomic E-state index is 11.3. The molecule has 78 valence electrons. The molecular formula is C10H16N2OS. The normalized spacial score (nSPS) is 10.2. The van der Waals surface area contributed by atoms with Gasteiger partial charge in [0.25, 0.3) is 0 Å². The van der Waals surface area contributed by atoms with Crippen molar-refractivity contribution >= 4 is 17.2 Å². The van der Waals surface area contributed by atoms with Gasteiger partial charge in [-0.25, -0.2) is 4.98 Å². The molecule has 0 bridgehead atoms. The molecule has 0 saturated carbocycles. The van der Waals surface area contributed by atoms with Crippen molar-refractivity contribution in [3.05, 3.63) is 15.6 Å². The van der Waals surface area contributed by atoms with Crippen LogP contribution in [0.15, 0.2) is 0 Å². The van der Waals surface area contributed by atoms with Crippen LogP contribution in [0, 0.1) is 6.92 Å². The highest BCUT2D eigenvalue weighted by molar-refractivity contribution is 7.11. The number of hydrogen-bond donors (Lipinski definition) is 1. The standard InChI is InChI=1S/C10H16N2OS/c1-4-10-12-8(7(3)14-10)6-9(13)11-5-2/h4-6H2,1-3H3,(H,11,13). The number of amides is 1. The van der Waals surface area contributed by atoms with Gasteiger partial charge < -0.3 is 5.32 Å². The summed E-state index contributed by atoms with van der Waals surface area (Å²) >= 11 is 1.68. The van der Waals surface area contributed by atoms with E-state index in [9.17, 15) is 4.79 Å². The van der Waals surface area contributed by atoms with Gasteiger partial charge in [-0.15, -0.1) is 11.3 Å². The molecule has 3 nitrogen and oxygen atoms in total. The number of likely N-dealkylation sites (N-methyl/N-ethyl adjacent to an activating group) is 1. The molecule has 1 N–H and O–H groups in total. The van der Waals surface area contributed by atoms with Gasteiger partial charge in [-0.1, -0.05) is 6.92 Å². The molecule has 0 fully saturated rings. The molecule has 1 rings (SSSR count). The lowest BCUT2D eigenvalue weighted by atomic mass is 10.2. The maximum atomic E-state index is 11.3. The molecule has 0 aliphatic heterocycles. The molecule has 0 radical (unpaired) electrons. The van der Waals surface area contributed by atoms with Gasteiger partial charge in [0.2, 0.25) is 5.91 Å². The van der Waals surface area contributed by atoms with Gasteiger partial charge in [-0.05, 0) is 20.3 Å². The average molecular weight is 212 g/mol. The van der Waals surface area contributed by atoms with E-state index >= 15 is 0 Å². The van der Waals surface area contributed by atoms with Crippen LogP contribution in [0.2, 0.25) is 0 Å². The lowest BCUT2D eigenvalue weighted by Crippen LogP contribution is -2.24. The van der Waals surface area contributed by atoms with Crippen LogP contribution in [0.3, 0.4) is 0 Å². The Morgan fingerprint density at radius 3 is 2.71 bits per heavy atom. The highest BCUT2D eigenvalue weighted by atomic mass is 32.1. The van der Waals surface area contributed by atoms with Crippen molar-refractivity contribution in [2.24, 2.45) is 0 Å². The molecule has 0 atom stereocenters. The minimum atomic E-state index is 0.0588. The quantitative estimate of drug-likeness (QED) is 0.825. The summed E-state index contributed by atoms with van der Waals surface area (Å²) in [6, 6.07) is 0. The summed E-state index contributed by atoms with van der Waals surface area (Å²) < 4.78 is 0. The number of thiazole rings is 1. The van der Waals surface area contributed by atoms with Crippen LogP contribution in [-0.4, -0.2) is 17.4 Å². The molecular weight excluding hydrogens is 196 g/mol. The highest BCUT2D eigenvalue weighted by Gasteiger charge is 2.09. The molecule has 0 aliphatic rings. The molecule has 1 aromatic rings. The summed E-state index contributed by atoms with van der Waals surface area (Å²) in [7, 11) is 0. The minimum Gasteiger partial charge on any atom is -0.356 e. The third-order valence-corrected chi connectivity index (χ3v) is 3.10. The van der Waals surface area contributed by atoms with Crippen molar-refractivity contribution in [3.8, 4) is 0 Å². The van der Waals surface area contributed by atoms with Crippen molar-refractivity contribution in [1.82, 2.24) is 10.3 Å². The molecule has 14 heavy (non-hydrogen) atoms. The van der Waals surface area contributed by atoms with Crippen LogP contribution >= 0.6 is 11.3 Å². The summed E-state index contributed by atoms with van der Waals surface area (Å²) in [4.78, 5) is 16.9. The van der Waals surface area contributed by atoms with Gasteiger partial charge in [0.15, 0.2) is 0 Å². The Hall–Kier alpha value is -0.900. The Morgan fingerprint density at radius 2 is 2.21 bits per heavy atom. The number of rotatable bonds is 4. The van der Waals surface area contributed by atoms with Crippen LogP contribution in [0.5, 0.6) is 0 Å². The number of carbonyl (C=O) groups is 1. The number of aryl methyl sites for hydroxylation is 2. The first-order chi connectivity index (χ1) is 6.67. The Morgan fingerprint density at radius 1 is 1.50 bits per heavy atom. The fourth-order valence-electron chi connectivity index (χ4n) is 1.21. The van der Waals surface area contributed by atoms with E-state index in [2.05, 4.69) is 17.2 Å². The summed E-state index contributed by atoms with van der Waals surface area (Å²) in [6.07, 6.45) is 1.36. The van der Waals surface area contributed by atoms with E-state index in [0.29, 0.717) is 13.0 Å². The second-order valence-electron chi connectivity index (χ2n) is 3.09. The topological polar surface area (TPSA) is 42.0 Å². The highest BCUT2D eigenvalue weighted by Crippen LogP contribution is 2.18. The molecule has 4 heteroatoms. The zero-order chi connectivity index (χ0) is 10.6. The van der Waals surface area contributed by atoms with Crippen LogP contribution in [-0.2, 0) is 17.6 Å². The number of hydrogen-bond acceptors (Lipinski definition) is 3. The van der Waals surface area contributed by atoms with Gasteiger partial charge in [0, 0.05) is 11.4 Å². The van der Waals surface area contributed by atoms with Crippen LogP contribution in [0.25, 0.3) is 0 Å². The first-order valence-corrected chi connectivity index (χ1v) is 5.70. The van der Waals surface area contributed by atoms with Gasteiger partial charge in [0.05, 0.1) is 17.1 Å². The number of carbonyl (C=O) groups excluding carboxylic acids is 1.